The first-order valence-electron chi connectivity index (χ1n) is 11.6. The Labute approximate surface area is 202 Å². The molecule has 4 rings (SSSR count). The van der Waals surface area contributed by atoms with Crippen molar-refractivity contribution < 1.29 is 13.7 Å². The van der Waals surface area contributed by atoms with Crippen LogP contribution in [0.25, 0.3) is 11.1 Å². The monoisotopic (exact) mass is 477 g/mol. The highest BCUT2D eigenvalue weighted by Gasteiger charge is 2.19. The van der Waals surface area contributed by atoms with Crippen molar-refractivity contribution in [1.29, 1.82) is 0 Å². The third kappa shape index (κ3) is 5.63. The van der Waals surface area contributed by atoms with Crippen LogP contribution < -0.4 is 11.3 Å². The molecule has 4 aromatic rings. The third-order valence-electron chi connectivity index (χ3n) is 5.87. The summed E-state index contributed by atoms with van der Waals surface area (Å²) in [4.78, 5) is 32.6. The van der Waals surface area contributed by atoms with Crippen molar-refractivity contribution in [2.45, 2.75) is 32.7 Å². The van der Waals surface area contributed by atoms with Crippen molar-refractivity contribution in [2.75, 3.05) is 19.6 Å². The summed E-state index contributed by atoms with van der Waals surface area (Å²) >= 11 is 0. The van der Waals surface area contributed by atoms with Gasteiger partial charge >= 0.3 is 0 Å². The van der Waals surface area contributed by atoms with Crippen LogP contribution in [0.15, 0.2) is 63.9 Å². The molecule has 2 heterocycles. The van der Waals surface area contributed by atoms with Gasteiger partial charge in [0.25, 0.3) is 17.2 Å². The van der Waals surface area contributed by atoms with Crippen LogP contribution in [0.3, 0.4) is 0 Å². The predicted molar refractivity (Wildman–Crippen MR) is 131 cm³/mol. The highest BCUT2D eigenvalue weighted by Crippen LogP contribution is 2.15. The Morgan fingerprint density at radius 1 is 1.09 bits per heavy atom. The molecule has 0 radical (unpaired) electrons. The Morgan fingerprint density at radius 3 is 2.51 bits per heavy atom. The van der Waals surface area contributed by atoms with E-state index in [2.05, 4.69) is 10.1 Å². The van der Waals surface area contributed by atoms with Crippen LogP contribution in [0, 0.1) is 12.7 Å². The first kappa shape index (κ1) is 24.3. The number of rotatable bonds is 10. The lowest BCUT2D eigenvalue weighted by molar-refractivity contribution is 0.0752. The van der Waals surface area contributed by atoms with Gasteiger partial charge in [-0.2, -0.15) is 4.98 Å². The third-order valence-corrected chi connectivity index (χ3v) is 5.87. The first-order valence-corrected chi connectivity index (χ1v) is 11.6. The summed E-state index contributed by atoms with van der Waals surface area (Å²) in [5, 5.41) is 4.28. The Morgan fingerprint density at radius 2 is 1.80 bits per heavy atom. The van der Waals surface area contributed by atoms with Crippen molar-refractivity contribution in [3.63, 3.8) is 0 Å². The maximum absolute atomic E-state index is 13.3. The van der Waals surface area contributed by atoms with Crippen molar-refractivity contribution >= 4 is 17.0 Å². The number of carbonyl (C=O) groups excluding carboxylic acids is 1. The maximum Gasteiger partial charge on any atom is 0.267 e. The number of carbonyl (C=O) groups is 1. The van der Waals surface area contributed by atoms with Crippen molar-refractivity contribution in [3.05, 3.63) is 93.4 Å². The molecule has 0 fully saturated rings. The van der Waals surface area contributed by atoms with E-state index in [1.807, 2.05) is 30.3 Å². The van der Waals surface area contributed by atoms with Crippen LogP contribution in [0.1, 0.15) is 40.3 Å². The van der Waals surface area contributed by atoms with Crippen molar-refractivity contribution in [2.24, 2.45) is 5.73 Å². The molecule has 0 saturated carbocycles. The van der Waals surface area contributed by atoms with Gasteiger partial charge in [0, 0.05) is 25.1 Å². The number of fused-ring (bicyclic) bond motifs is 1. The highest BCUT2D eigenvalue weighted by atomic mass is 19.1. The molecule has 0 unspecified atom stereocenters. The fourth-order valence-electron chi connectivity index (χ4n) is 4.03. The zero-order chi connectivity index (χ0) is 24.8. The second-order valence-electron chi connectivity index (χ2n) is 8.40. The lowest BCUT2D eigenvalue weighted by atomic mass is 10.1. The van der Waals surface area contributed by atoms with Crippen LogP contribution in [0.5, 0.6) is 0 Å². The van der Waals surface area contributed by atoms with Crippen LogP contribution >= 0.6 is 0 Å². The molecule has 0 atom stereocenters. The number of nitrogens with zero attached hydrogens (tertiary/aromatic N) is 4. The van der Waals surface area contributed by atoms with Crippen LogP contribution in [-0.4, -0.2) is 45.1 Å². The molecule has 0 saturated heterocycles. The van der Waals surface area contributed by atoms with Crippen molar-refractivity contribution in [3.8, 4) is 0 Å². The molecule has 0 aliphatic heterocycles. The molecule has 8 nitrogen and oxygen atoms in total. The summed E-state index contributed by atoms with van der Waals surface area (Å²) in [5.41, 5.74) is 7.58. The number of hydrogen-bond donors (Lipinski definition) is 1. The van der Waals surface area contributed by atoms with E-state index < -0.39 is 5.82 Å². The van der Waals surface area contributed by atoms with Crippen LogP contribution in [-0.2, 0) is 13.0 Å². The lowest BCUT2D eigenvalue weighted by Gasteiger charge is -2.23. The molecule has 2 N–H and O–H groups in total. The van der Waals surface area contributed by atoms with E-state index in [1.165, 1.54) is 24.3 Å². The molecule has 2 aromatic heterocycles. The van der Waals surface area contributed by atoms with Gasteiger partial charge in [0.05, 0.1) is 12.2 Å². The van der Waals surface area contributed by atoms with Crippen molar-refractivity contribution in [1.82, 2.24) is 19.6 Å². The number of benzene rings is 2. The summed E-state index contributed by atoms with van der Waals surface area (Å²) in [6, 6.07) is 15.2. The molecular weight excluding hydrogens is 449 g/mol. The zero-order valence-corrected chi connectivity index (χ0v) is 19.6. The first-order chi connectivity index (χ1) is 17.0. The summed E-state index contributed by atoms with van der Waals surface area (Å²) < 4.78 is 20.2. The van der Waals surface area contributed by atoms with E-state index in [1.54, 1.807) is 16.4 Å². The number of halogens is 1. The Balaban J connectivity index is 1.56. The van der Waals surface area contributed by atoms with E-state index in [0.29, 0.717) is 67.9 Å². The van der Waals surface area contributed by atoms with Gasteiger partial charge < -0.3 is 15.2 Å². The average Bonchev–Trinajstić information content (AvgIpc) is 3.24. The number of nitrogens with two attached hydrogens (primary N) is 1. The van der Waals surface area contributed by atoms with Crippen LogP contribution in [0.2, 0.25) is 0 Å². The lowest BCUT2D eigenvalue weighted by Crippen LogP contribution is -2.34. The zero-order valence-electron chi connectivity index (χ0n) is 19.6. The normalized spacial score (nSPS) is 11.2. The minimum absolute atomic E-state index is 0.186. The maximum atomic E-state index is 13.3. The summed E-state index contributed by atoms with van der Waals surface area (Å²) in [5.74, 6) is -0.0135. The Hall–Kier alpha value is -3.85. The van der Waals surface area contributed by atoms with E-state index >= 15 is 0 Å². The van der Waals surface area contributed by atoms with Gasteiger partial charge in [0.15, 0.2) is 0 Å². The van der Waals surface area contributed by atoms with E-state index in [4.69, 9.17) is 10.3 Å². The van der Waals surface area contributed by atoms with Gasteiger partial charge in [0.2, 0.25) is 0 Å². The fraction of sp³-hybridized carbons (Fsp3) is 0.308. The van der Waals surface area contributed by atoms with Gasteiger partial charge in [-0.15, -0.1) is 0 Å². The average molecular weight is 478 g/mol. The Kier molecular flexibility index (Phi) is 7.67. The van der Waals surface area contributed by atoms with Gasteiger partial charge in [-0.1, -0.05) is 35.5 Å². The number of hydrogen-bond acceptors (Lipinski definition) is 6. The number of aromatic nitrogens is 3. The smallest absolute Gasteiger partial charge is 0.267 e. The van der Waals surface area contributed by atoms with Gasteiger partial charge in [-0.3, -0.25) is 14.2 Å². The summed E-state index contributed by atoms with van der Waals surface area (Å²) in [7, 11) is 0. The van der Waals surface area contributed by atoms with Crippen LogP contribution in [0.4, 0.5) is 4.39 Å². The minimum Gasteiger partial charge on any atom is -0.339 e. The topological polar surface area (TPSA) is 107 Å². The molecule has 1 amide bonds. The molecule has 182 valence electrons. The molecule has 35 heavy (non-hydrogen) atoms. The van der Waals surface area contributed by atoms with Gasteiger partial charge in [0.1, 0.15) is 17.0 Å². The number of aryl methyl sites for hydroxylation is 2. The molecule has 2 aromatic carbocycles. The molecule has 0 bridgehead atoms. The van der Waals surface area contributed by atoms with E-state index in [-0.39, 0.29) is 17.2 Å². The van der Waals surface area contributed by atoms with Gasteiger partial charge in [-0.25, -0.2) is 4.39 Å². The second kappa shape index (κ2) is 11.1. The number of amides is 1. The van der Waals surface area contributed by atoms with E-state index in [0.717, 1.165) is 5.56 Å². The molecule has 0 aliphatic carbocycles. The summed E-state index contributed by atoms with van der Waals surface area (Å²) in [6.45, 7) is 3.46. The second-order valence-corrected chi connectivity index (χ2v) is 8.40. The quantitative estimate of drug-likeness (QED) is 0.376. The SMILES string of the molecule is Cc1noc2nc(CCCN(CCCN)C(=O)c3ccc(F)cc3)n(Cc3ccccc3)c(=O)c12. The molecule has 9 heteroatoms. The van der Waals surface area contributed by atoms with Gasteiger partial charge in [-0.05, 0) is 56.1 Å². The molecule has 0 aliphatic rings. The highest BCUT2D eigenvalue weighted by molar-refractivity contribution is 5.94. The predicted octanol–water partition coefficient (Wildman–Crippen LogP) is 3.30. The largest absolute Gasteiger partial charge is 0.339 e. The molecule has 0 spiro atoms. The minimum atomic E-state index is -0.393. The fourth-order valence-corrected chi connectivity index (χ4v) is 4.03. The van der Waals surface area contributed by atoms with E-state index in [9.17, 15) is 14.0 Å². The molecular formula is C26H28FN5O3. The Bertz CT molecular complexity index is 1350. The standard InChI is InChI=1S/C26H28FN5O3/c1-18-23-24(35-30-18)29-22(32(26(23)34)17-19-7-3-2-4-8-19)9-5-15-31(16-6-14-28)25(33)20-10-12-21(27)13-11-20/h2-4,7-8,10-13H,5-6,9,14-17,28H2,1H3. The summed E-state index contributed by atoms with van der Waals surface area (Å²) in [6.07, 6.45) is 1.66.